The number of phenols is 1. The number of aliphatic hydroxyl groups is 1. The van der Waals surface area contributed by atoms with E-state index in [1.54, 1.807) is 30.3 Å². The van der Waals surface area contributed by atoms with E-state index in [1.165, 1.54) is 17.0 Å². The molecule has 1 atom stereocenters. The van der Waals surface area contributed by atoms with Gasteiger partial charge >= 0.3 is 0 Å². The van der Waals surface area contributed by atoms with Gasteiger partial charge in [-0.3, -0.25) is 9.59 Å². The van der Waals surface area contributed by atoms with Crippen molar-refractivity contribution in [2.24, 2.45) is 0 Å². The van der Waals surface area contributed by atoms with Crippen molar-refractivity contribution in [3.8, 4) is 11.5 Å². The highest BCUT2D eigenvalue weighted by atomic mass is 16.5. The molecule has 0 radical (unpaired) electrons. The first-order valence-corrected chi connectivity index (χ1v) is 11.3. The number of amides is 1. The lowest BCUT2D eigenvalue weighted by Crippen LogP contribution is -2.30. The number of nitrogens with zero attached hydrogens (tertiary/aromatic N) is 1. The molecule has 3 aromatic carbocycles. The van der Waals surface area contributed by atoms with Crippen LogP contribution in [0.15, 0.2) is 78.4 Å². The van der Waals surface area contributed by atoms with Crippen molar-refractivity contribution < 1.29 is 24.5 Å². The molecule has 1 aliphatic heterocycles. The fourth-order valence-corrected chi connectivity index (χ4v) is 4.24. The van der Waals surface area contributed by atoms with Crippen LogP contribution in [0, 0.1) is 6.92 Å². The van der Waals surface area contributed by atoms with Crippen LogP contribution in [0.25, 0.3) is 5.76 Å². The minimum atomic E-state index is -0.777. The summed E-state index contributed by atoms with van der Waals surface area (Å²) in [5, 5.41) is 21.2. The molecule has 1 amide bonds. The lowest BCUT2D eigenvalue weighted by Gasteiger charge is -2.25. The highest BCUT2D eigenvalue weighted by Gasteiger charge is 2.45. The molecule has 3 aromatic rings. The summed E-state index contributed by atoms with van der Waals surface area (Å²) in [7, 11) is 0. The Kier molecular flexibility index (Phi) is 6.68. The largest absolute Gasteiger partial charge is 0.508 e. The maximum Gasteiger partial charge on any atom is 0.295 e. The van der Waals surface area contributed by atoms with Gasteiger partial charge in [0.2, 0.25) is 0 Å². The summed E-state index contributed by atoms with van der Waals surface area (Å²) in [6.07, 6.45) is 0.648. The van der Waals surface area contributed by atoms with Gasteiger partial charge in [0, 0.05) is 12.1 Å². The van der Waals surface area contributed by atoms with Gasteiger partial charge in [-0.2, -0.15) is 0 Å². The summed E-state index contributed by atoms with van der Waals surface area (Å²) in [6, 6.07) is 20.6. The number of phenolic OH excluding ortho intramolecular Hbond substituents is 1. The van der Waals surface area contributed by atoms with Gasteiger partial charge in [-0.25, -0.2) is 0 Å². The topological polar surface area (TPSA) is 87.1 Å². The zero-order chi connectivity index (χ0) is 24.2. The highest BCUT2D eigenvalue weighted by Crippen LogP contribution is 2.40. The predicted octanol–water partition coefficient (Wildman–Crippen LogP) is 5.11. The summed E-state index contributed by atoms with van der Waals surface area (Å²) in [5.41, 5.74) is 2.83. The third-order valence-corrected chi connectivity index (χ3v) is 5.88. The summed E-state index contributed by atoms with van der Waals surface area (Å²) >= 11 is 0. The standard InChI is InChI=1S/C28H27NO5/c1-3-14-29-25(20-10-7-11-22(30)16-20)24(27(32)28(29)33)26(31)21-12-13-23(18(2)15-21)34-17-19-8-5-4-6-9-19/h4-13,15-16,25,30-31H,3,14,17H2,1-2H3/b26-24-. The van der Waals surface area contributed by atoms with Gasteiger partial charge in [0.05, 0.1) is 11.6 Å². The van der Waals surface area contributed by atoms with Crippen LogP contribution in [-0.2, 0) is 16.2 Å². The number of benzene rings is 3. The van der Waals surface area contributed by atoms with Gasteiger partial charge in [-0.05, 0) is 60.4 Å². The van der Waals surface area contributed by atoms with Gasteiger partial charge < -0.3 is 19.8 Å². The molecule has 174 valence electrons. The molecule has 2 N–H and O–H groups in total. The zero-order valence-corrected chi connectivity index (χ0v) is 19.2. The van der Waals surface area contributed by atoms with Gasteiger partial charge in [0.25, 0.3) is 11.7 Å². The number of likely N-dealkylation sites (tertiary alicyclic amines) is 1. The van der Waals surface area contributed by atoms with E-state index in [2.05, 4.69) is 0 Å². The van der Waals surface area contributed by atoms with E-state index in [9.17, 15) is 19.8 Å². The second-order valence-electron chi connectivity index (χ2n) is 8.34. The van der Waals surface area contributed by atoms with Crippen molar-refractivity contribution in [1.29, 1.82) is 0 Å². The molecule has 1 heterocycles. The molecule has 1 fully saturated rings. The number of Topliss-reactive ketones (excluding diaryl/α,β-unsaturated/α-hetero) is 1. The summed E-state index contributed by atoms with van der Waals surface area (Å²) in [6.45, 7) is 4.54. The van der Waals surface area contributed by atoms with Crippen molar-refractivity contribution in [2.75, 3.05) is 6.54 Å². The summed E-state index contributed by atoms with van der Waals surface area (Å²) in [5.74, 6) is -0.952. The number of ketones is 1. The van der Waals surface area contributed by atoms with E-state index >= 15 is 0 Å². The van der Waals surface area contributed by atoms with E-state index in [1.807, 2.05) is 44.2 Å². The Labute approximate surface area is 198 Å². The Morgan fingerprint density at radius 1 is 1.00 bits per heavy atom. The van der Waals surface area contributed by atoms with Crippen LogP contribution < -0.4 is 4.74 Å². The van der Waals surface area contributed by atoms with Gasteiger partial charge in [-0.15, -0.1) is 0 Å². The molecule has 6 heteroatoms. The Bertz CT molecular complexity index is 1250. The molecular weight excluding hydrogens is 430 g/mol. The molecule has 1 saturated heterocycles. The van der Waals surface area contributed by atoms with E-state index in [-0.39, 0.29) is 17.1 Å². The molecule has 0 spiro atoms. The second-order valence-corrected chi connectivity index (χ2v) is 8.34. The molecule has 6 nitrogen and oxygen atoms in total. The molecule has 1 unspecified atom stereocenters. The smallest absolute Gasteiger partial charge is 0.295 e. The number of carbonyl (C=O) groups is 2. The average Bonchev–Trinajstić information content (AvgIpc) is 3.09. The minimum Gasteiger partial charge on any atom is -0.508 e. The maximum absolute atomic E-state index is 13.0. The average molecular weight is 458 g/mol. The minimum absolute atomic E-state index is 0.0152. The normalized spacial score (nSPS) is 17.2. The van der Waals surface area contributed by atoms with Gasteiger partial charge in [0.1, 0.15) is 23.9 Å². The lowest BCUT2D eigenvalue weighted by atomic mass is 9.94. The highest BCUT2D eigenvalue weighted by molar-refractivity contribution is 6.46. The molecule has 34 heavy (non-hydrogen) atoms. The number of ether oxygens (including phenoxy) is 1. The van der Waals surface area contributed by atoms with Crippen LogP contribution in [0.4, 0.5) is 0 Å². The quantitative estimate of drug-likeness (QED) is 0.292. The SMILES string of the molecule is CCCN1C(=O)C(=O)/C(=C(\O)c2ccc(OCc3ccccc3)c(C)c2)C1c1cccc(O)c1. The Morgan fingerprint density at radius 3 is 2.44 bits per heavy atom. The number of aliphatic hydroxyl groups excluding tert-OH is 1. The van der Waals surface area contributed by atoms with Gasteiger partial charge in [-0.1, -0.05) is 49.4 Å². The van der Waals surface area contributed by atoms with Crippen LogP contribution in [0.3, 0.4) is 0 Å². The Morgan fingerprint density at radius 2 is 1.76 bits per heavy atom. The van der Waals surface area contributed by atoms with Crippen molar-refractivity contribution in [2.45, 2.75) is 32.9 Å². The molecule has 4 rings (SSSR count). The fourth-order valence-electron chi connectivity index (χ4n) is 4.24. The zero-order valence-electron chi connectivity index (χ0n) is 19.2. The van der Waals surface area contributed by atoms with E-state index in [4.69, 9.17) is 4.74 Å². The monoisotopic (exact) mass is 457 g/mol. The first-order chi connectivity index (χ1) is 16.4. The summed E-state index contributed by atoms with van der Waals surface area (Å²) < 4.78 is 5.92. The lowest BCUT2D eigenvalue weighted by molar-refractivity contribution is -0.139. The van der Waals surface area contributed by atoms with E-state index in [0.29, 0.717) is 36.4 Å². The van der Waals surface area contributed by atoms with Crippen LogP contribution in [0.2, 0.25) is 0 Å². The van der Waals surface area contributed by atoms with Crippen LogP contribution in [-0.4, -0.2) is 33.3 Å². The molecule has 1 aliphatic rings. The second kappa shape index (κ2) is 9.83. The number of hydrogen-bond donors (Lipinski definition) is 2. The maximum atomic E-state index is 13.0. The fraction of sp³-hybridized carbons (Fsp3) is 0.214. The van der Waals surface area contributed by atoms with Crippen molar-refractivity contribution in [1.82, 2.24) is 4.90 Å². The molecule has 0 saturated carbocycles. The Hall–Kier alpha value is -4.06. The molecular formula is C28H27NO5. The molecule has 0 bridgehead atoms. The number of aromatic hydroxyl groups is 1. The third-order valence-electron chi connectivity index (χ3n) is 5.88. The number of aryl methyl sites for hydroxylation is 1. The summed E-state index contributed by atoms with van der Waals surface area (Å²) in [4.78, 5) is 27.2. The predicted molar refractivity (Wildman–Crippen MR) is 129 cm³/mol. The molecule has 0 aliphatic carbocycles. The number of hydrogen-bond acceptors (Lipinski definition) is 5. The number of carbonyl (C=O) groups excluding carboxylic acids is 2. The van der Waals surface area contributed by atoms with Crippen molar-refractivity contribution >= 4 is 17.4 Å². The molecule has 0 aromatic heterocycles. The van der Waals surface area contributed by atoms with Gasteiger partial charge in [0.15, 0.2) is 0 Å². The Balaban J connectivity index is 1.70. The van der Waals surface area contributed by atoms with E-state index < -0.39 is 17.7 Å². The third kappa shape index (κ3) is 4.53. The van der Waals surface area contributed by atoms with Crippen molar-refractivity contribution in [3.05, 3.63) is 101 Å². The van der Waals surface area contributed by atoms with Crippen molar-refractivity contribution in [3.63, 3.8) is 0 Å². The first kappa shape index (κ1) is 23.1. The van der Waals surface area contributed by atoms with Crippen LogP contribution in [0.5, 0.6) is 11.5 Å². The van der Waals surface area contributed by atoms with E-state index in [0.717, 1.165) is 11.1 Å². The van der Waals surface area contributed by atoms with Crippen LogP contribution in [0.1, 0.15) is 41.6 Å². The first-order valence-electron chi connectivity index (χ1n) is 11.3. The number of rotatable bonds is 7. The van der Waals surface area contributed by atoms with Crippen LogP contribution >= 0.6 is 0 Å².